The maximum Gasteiger partial charge on any atom is 0.266 e. The van der Waals surface area contributed by atoms with Crippen LogP contribution in [0.3, 0.4) is 0 Å². The highest BCUT2D eigenvalue weighted by Gasteiger charge is 2.32. The molecule has 7 heteroatoms. The Bertz CT molecular complexity index is 737. The van der Waals surface area contributed by atoms with E-state index in [4.69, 9.17) is 0 Å². The Labute approximate surface area is 136 Å². The minimum Gasteiger partial charge on any atom is -0.508 e. The first-order valence-electron chi connectivity index (χ1n) is 6.66. The summed E-state index contributed by atoms with van der Waals surface area (Å²) in [5.74, 6) is 0.143. The lowest BCUT2D eigenvalue weighted by molar-refractivity contribution is -0.122. The second-order valence-electron chi connectivity index (χ2n) is 4.46. The summed E-state index contributed by atoms with van der Waals surface area (Å²) in [6.45, 7) is 2.47. The van der Waals surface area contributed by atoms with Crippen molar-refractivity contribution in [1.29, 1.82) is 0 Å². The minimum absolute atomic E-state index is 0.0594. The van der Waals surface area contributed by atoms with Gasteiger partial charge in [0, 0.05) is 18.1 Å². The van der Waals surface area contributed by atoms with Crippen LogP contribution in [0.25, 0.3) is 6.08 Å². The molecule has 0 unspecified atom stereocenters. The van der Waals surface area contributed by atoms with Crippen LogP contribution in [0, 0.1) is 0 Å². The Balaban J connectivity index is 1.91. The molecule has 1 aliphatic heterocycles. The molecule has 1 saturated heterocycles. The van der Waals surface area contributed by atoms with E-state index >= 15 is 0 Å². The van der Waals surface area contributed by atoms with Gasteiger partial charge in [0.25, 0.3) is 5.91 Å². The molecule has 3 rings (SSSR count). The molecule has 2 aromatic rings. The molecule has 5 nitrogen and oxygen atoms in total. The van der Waals surface area contributed by atoms with Gasteiger partial charge >= 0.3 is 0 Å². The number of carbonyl (C=O) groups is 1. The zero-order valence-corrected chi connectivity index (χ0v) is 13.4. The molecule has 0 atom stereocenters. The van der Waals surface area contributed by atoms with Gasteiger partial charge in [0.05, 0.1) is 4.91 Å². The Morgan fingerprint density at radius 2 is 2.14 bits per heavy atom. The topological polar surface area (TPSA) is 65.8 Å². The maximum atomic E-state index is 12.4. The largest absolute Gasteiger partial charge is 0.508 e. The summed E-state index contributed by atoms with van der Waals surface area (Å²) in [4.78, 5) is 23.3. The highest BCUT2D eigenvalue weighted by Crippen LogP contribution is 2.34. The van der Waals surface area contributed by atoms with Gasteiger partial charge in [-0.2, -0.15) is 4.99 Å². The average Bonchev–Trinajstić information content (AvgIpc) is 3.11. The molecule has 0 saturated carbocycles. The normalized spacial score (nSPS) is 18.6. The van der Waals surface area contributed by atoms with E-state index in [0.717, 1.165) is 5.56 Å². The number of hydrogen-bond donors (Lipinski definition) is 1. The molecule has 0 bridgehead atoms. The maximum absolute atomic E-state index is 12.4. The number of nitrogens with zero attached hydrogens (tertiary/aromatic N) is 3. The van der Waals surface area contributed by atoms with Crippen LogP contribution in [0.1, 0.15) is 12.5 Å². The van der Waals surface area contributed by atoms with E-state index in [1.807, 2.05) is 12.3 Å². The number of amidine groups is 1. The van der Waals surface area contributed by atoms with Crippen molar-refractivity contribution in [3.8, 4) is 5.75 Å². The van der Waals surface area contributed by atoms with Gasteiger partial charge in [-0.25, -0.2) is 4.98 Å². The highest BCUT2D eigenvalue weighted by molar-refractivity contribution is 8.18. The fourth-order valence-electron chi connectivity index (χ4n) is 1.95. The van der Waals surface area contributed by atoms with Gasteiger partial charge in [0.1, 0.15) is 5.75 Å². The zero-order valence-electron chi connectivity index (χ0n) is 11.8. The van der Waals surface area contributed by atoms with Crippen LogP contribution in [0.2, 0.25) is 0 Å². The van der Waals surface area contributed by atoms with Crippen molar-refractivity contribution in [1.82, 2.24) is 9.88 Å². The summed E-state index contributed by atoms with van der Waals surface area (Å²) in [5, 5.41) is 12.4. The summed E-state index contributed by atoms with van der Waals surface area (Å²) in [7, 11) is 0. The molecule has 1 aliphatic rings. The van der Waals surface area contributed by atoms with E-state index in [2.05, 4.69) is 9.98 Å². The molecule has 22 heavy (non-hydrogen) atoms. The molecule has 0 radical (unpaired) electrons. The van der Waals surface area contributed by atoms with E-state index < -0.39 is 0 Å². The first-order chi connectivity index (χ1) is 10.7. The minimum atomic E-state index is -0.0594. The van der Waals surface area contributed by atoms with Gasteiger partial charge in [-0.3, -0.25) is 9.69 Å². The quantitative estimate of drug-likeness (QED) is 0.875. The number of aliphatic imine (C=N–C) groups is 1. The van der Waals surface area contributed by atoms with Crippen LogP contribution in [0.4, 0.5) is 5.13 Å². The molecular weight excluding hydrogens is 318 g/mol. The van der Waals surface area contributed by atoms with Gasteiger partial charge in [-0.15, -0.1) is 11.3 Å². The summed E-state index contributed by atoms with van der Waals surface area (Å²) >= 11 is 2.77. The standard InChI is InChI=1S/C15H13N3O2S2/c1-2-18-13(20)12(9-10-3-5-11(19)6-4-10)22-15(18)17-14-16-7-8-21-14/h3-9,19H,2H2,1H3/b12-9-,17-15+. The lowest BCUT2D eigenvalue weighted by Crippen LogP contribution is -2.28. The van der Waals surface area contributed by atoms with Crippen LogP contribution in [-0.4, -0.2) is 32.6 Å². The van der Waals surface area contributed by atoms with E-state index in [-0.39, 0.29) is 11.7 Å². The number of thioether (sulfide) groups is 1. The third-order valence-electron chi connectivity index (χ3n) is 3.01. The molecule has 0 spiro atoms. The van der Waals surface area contributed by atoms with E-state index in [1.54, 1.807) is 41.4 Å². The number of rotatable bonds is 3. The van der Waals surface area contributed by atoms with E-state index in [0.29, 0.717) is 21.7 Å². The van der Waals surface area contributed by atoms with Gasteiger partial charge in [0.2, 0.25) is 5.13 Å². The highest BCUT2D eigenvalue weighted by atomic mass is 32.2. The SMILES string of the molecule is CCN1C(=O)/C(=C/c2ccc(O)cc2)S/C1=N/c1nccs1. The van der Waals surface area contributed by atoms with Gasteiger partial charge < -0.3 is 5.11 Å². The third-order valence-corrected chi connectivity index (χ3v) is 4.68. The lowest BCUT2D eigenvalue weighted by atomic mass is 10.2. The molecule has 1 fully saturated rings. The summed E-state index contributed by atoms with van der Waals surface area (Å²) in [5.41, 5.74) is 0.861. The van der Waals surface area contributed by atoms with Crippen molar-refractivity contribution < 1.29 is 9.90 Å². The number of phenols is 1. The van der Waals surface area contributed by atoms with Crippen molar-refractivity contribution in [2.75, 3.05) is 6.54 Å². The monoisotopic (exact) mass is 331 g/mol. The van der Waals surface area contributed by atoms with E-state index in [1.165, 1.54) is 23.1 Å². The number of aromatic nitrogens is 1. The van der Waals surface area contributed by atoms with Crippen molar-refractivity contribution in [2.45, 2.75) is 6.92 Å². The number of likely N-dealkylation sites (N-methyl/N-ethyl adjacent to an activating group) is 1. The van der Waals surface area contributed by atoms with E-state index in [9.17, 15) is 9.90 Å². The number of benzene rings is 1. The van der Waals surface area contributed by atoms with Crippen LogP contribution in [-0.2, 0) is 4.79 Å². The van der Waals surface area contributed by atoms with Crippen molar-refractivity contribution in [2.24, 2.45) is 4.99 Å². The fraction of sp³-hybridized carbons (Fsp3) is 0.133. The van der Waals surface area contributed by atoms with Gasteiger partial charge in [-0.05, 0) is 42.5 Å². The number of hydrogen-bond acceptors (Lipinski definition) is 6. The van der Waals surface area contributed by atoms with Gasteiger partial charge in [-0.1, -0.05) is 12.1 Å². The summed E-state index contributed by atoms with van der Waals surface area (Å²) < 4.78 is 0. The Morgan fingerprint density at radius 3 is 2.77 bits per heavy atom. The molecule has 2 heterocycles. The predicted octanol–water partition coefficient (Wildman–Crippen LogP) is 3.47. The first kappa shape index (κ1) is 14.8. The van der Waals surface area contributed by atoms with Crippen molar-refractivity contribution in [3.63, 3.8) is 0 Å². The Morgan fingerprint density at radius 1 is 1.36 bits per heavy atom. The summed E-state index contributed by atoms with van der Waals surface area (Å²) in [6.07, 6.45) is 3.49. The second kappa shape index (κ2) is 6.33. The molecule has 1 aromatic carbocycles. The molecule has 0 aliphatic carbocycles. The van der Waals surface area contributed by atoms with Crippen LogP contribution in [0.5, 0.6) is 5.75 Å². The van der Waals surface area contributed by atoms with Crippen LogP contribution < -0.4 is 0 Å². The number of amides is 1. The zero-order chi connectivity index (χ0) is 15.5. The predicted molar refractivity (Wildman–Crippen MR) is 90.3 cm³/mol. The summed E-state index contributed by atoms with van der Waals surface area (Å²) in [6, 6.07) is 6.72. The third kappa shape index (κ3) is 3.05. The second-order valence-corrected chi connectivity index (χ2v) is 6.34. The Kier molecular flexibility index (Phi) is 4.26. The molecule has 1 amide bonds. The first-order valence-corrected chi connectivity index (χ1v) is 8.35. The molecule has 112 valence electrons. The van der Waals surface area contributed by atoms with Gasteiger partial charge in [0.15, 0.2) is 5.17 Å². The lowest BCUT2D eigenvalue weighted by Gasteiger charge is -2.11. The van der Waals surface area contributed by atoms with Crippen molar-refractivity contribution >= 4 is 45.4 Å². The number of aromatic hydroxyl groups is 1. The Hall–Kier alpha value is -2.12. The number of phenolic OH excluding ortho intramolecular Hbond substituents is 1. The van der Waals surface area contributed by atoms with Crippen LogP contribution >= 0.6 is 23.1 Å². The molecule has 1 aromatic heterocycles. The average molecular weight is 331 g/mol. The molecule has 1 N–H and O–H groups in total. The fourth-order valence-corrected chi connectivity index (χ4v) is 3.55. The smallest absolute Gasteiger partial charge is 0.266 e. The number of carbonyl (C=O) groups excluding carboxylic acids is 1. The number of thiazole rings is 1. The van der Waals surface area contributed by atoms with Crippen LogP contribution in [0.15, 0.2) is 45.7 Å². The molecular formula is C15H13N3O2S2. The van der Waals surface area contributed by atoms with Crippen molar-refractivity contribution in [3.05, 3.63) is 46.3 Å².